The predicted molar refractivity (Wildman–Crippen MR) is 82.1 cm³/mol. The maximum Gasteiger partial charge on any atom is 0.250 e. The van der Waals surface area contributed by atoms with Crippen LogP contribution >= 0.6 is 15.9 Å². The molecule has 0 atom stereocenters. The molecule has 17 heavy (non-hydrogen) atoms. The highest BCUT2D eigenvalue weighted by molar-refractivity contribution is 9.10. The molecular weight excluding hydrogens is 292 g/mol. The fourth-order valence-electron chi connectivity index (χ4n) is 1.19. The van der Waals surface area contributed by atoms with Gasteiger partial charge in [-0.3, -0.25) is 0 Å². The van der Waals surface area contributed by atoms with Gasteiger partial charge in [-0.15, -0.1) is 0 Å². The van der Waals surface area contributed by atoms with E-state index in [9.17, 15) is 0 Å². The Kier molecular flexibility index (Phi) is 4.26. The minimum Gasteiger partial charge on any atom is -0.543 e. The van der Waals surface area contributed by atoms with Crippen molar-refractivity contribution >= 4 is 30.3 Å². The molecule has 0 saturated carbocycles. The van der Waals surface area contributed by atoms with Crippen LogP contribution in [0.15, 0.2) is 29.3 Å². The molecule has 0 aliphatic heterocycles. The maximum absolute atomic E-state index is 6.23. The minimum absolute atomic E-state index is 0.217. The van der Waals surface area contributed by atoms with Crippen molar-refractivity contribution in [2.45, 2.75) is 38.9 Å². The fraction of sp³-hybridized carbons (Fsp3) is 0.429. The van der Waals surface area contributed by atoms with E-state index in [0.29, 0.717) is 0 Å². The van der Waals surface area contributed by atoms with E-state index in [2.05, 4.69) is 56.4 Å². The largest absolute Gasteiger partial charge is 0.543 e. The Balaban J connectivity index is 3.00. The van der Waals surface area contributed by atoms with Crippen molar-refractivity contribution in [3.05, 3.63) is 34.8 Å². The van der Waals surface area contributed by atoms with Crippen molar-refractivity contribution in [1.29, 1.82) is 0 Å². The first-order valence-corrected chi connectivity index (χ1v) is 9.48. The summed E-state index contributed by atoms with van der Waals surface area (Å²) in [5.41, 5.74) is 1.07. The highest BCUT2D eigenvalue weighted by Crippen LogP contribution is 2.38. The molecule has 0 saturated heterocycles. The second-order valence-corrected chi connectivity index (χ2v) is 11.3. The Hall–Kier alpha value is -0.543. The van der Waals surface area contributed by atoms with Gasteiger partial charge in [-0.1, -0.05) is 49.4 Å². The molecule has 0 spiro atoms. The van der Waals surface area contributed by atoms with Crippen LogP contribution in [-0.2, 0) is 0 Å². The Labute approximate surface area is 114 Å². The summed E-state index contributed by atoms with van der Waals surface area (Å²) in [4.78, 5) is 0. The standard InChI is InChI=1S/C14H21BrOSi/c1-7-11-10-12(8-9-13(11)15)16-17(5,6)14(2,3)4/h7-10H,1H2,2-6H3. The molecule has 0 radical (unpaired) electrons. The number of halogens is 1. The van der Waals surface area contributed by atoms with Crippen molar-refractivity contribution < 1.29 is 4.43 Å². The van der Waals surface area contributed by atoms with Crippen molar-refractivity contribution in [1.82, 2.24) is 0 Å². The first-order valence-electron chi connectivity index (χ1n) is 5.78. The lowest BCUT2D eigenvalue weighted by Gasteiger charge is -2.36. The summed E-state index contributed by atoms with van der Waals surface area (Å²) < 4.78 is 7.29. The summed E-state index contributed by atoms with van der Waals surface area (Å²) in [5, 5.41) is 0.217. The van der Waals surface area contributed by atoms with Crippen molar-refractivity contribution in [3.8, 4) is 5.75 Å². The highest BCUT2D eigenvalue weighted by atomic mass is 79.9. The van der Waals surface area contributed by atoms with Gasteiger partial charge in [0.2, 0.25) is 8.32 Å². The van der Waals surface area contributed by atoms with Gasteiger partial charge in [0.05, 0.1) is 0 Å². The van der Waals surface area contributed by atoms with Crippen LogP contribution in [0.3, 0.4) is 0 Å². The van der Waals surface area contributed by atoms with Crippen molar-refractivity contribution in [2.24, 2.45) is 0 Å². The van der Waals surface area contributed by atoms with Crippen molar-refractivity contribution in [2.75, 3.05) is 0 Å². The highest BCUT2D eigenvalue weighted by Gasteiger charge is 2.38. The third kappa shape index (κ3) is 3.46. The van der Waals surface area contributed by atoms with Gasteiger partial charge in [0.1, 0.15) is 5.75 Å². The molecular formula is C14H21BrOSi. The molecule has 94 valence electrons. The normalized spacial score (nSPS) is 12.4. The molecule has 0 bridgehead atoms. The second kappa shape index (κ2) is 4.98. The molecule has 0 unspecified atom stereocenters. The SMILES string of the molecule is C=Cc1cc(O[Si](C)(C)C(C)(C)C)ccc1Br. The Bertz CT molecular complexity index is 419. The molecule has 0 heterocycles. The van der Waals surface area contributed by atoms with Gasteiger partial charge in [0.25, 0.3) is 0 Å². The summed E-state index contributed by atoms with van der Waals surface area (Å²) in [7, 11) is -1.75. The molecule has 3 heteroatoms. The summed E-state index contributed by atoms with van der Waals surface area (Å²) in [6.45, 7) is 15.0. The molecule has 0 aromatic heterocycles. The van der Waals surface area contributed by atoms with Gasteiger partial charge in [-0.25, -0.2) is 0 Å². The van der Waals surface area contributed by atoms with Crippen LogP contribution in [0.1, 0.15) is 26.3 Å². The minimum atomic E-state index is -1.75. The first-order chi connectivity index (χ1) is 7.67. The fourth-order valence-corrected chi connectivity index (χ4v) is 2.62. The van der Waals surface area contributed by atoms with Gasteiger partial charge in [0, 0.05) is 4.47 Å². The maximum atomic E-state index is 6.23. The summed E-state index contributed by atoms with van der Waals surface area (Å²) in [6.07, 6.45) is 1.84. The van der Waals surface area contributed by atoms with Crippen LogP contribution in [0, 0.1) is 0 Å². The first kappa shape index (κ1) is 14.5. The lowest BCUT2D eigenvalue weighted by Crippen LogP contribution is -2.43. The molecule has 0 amide bonds. The molecule has 1 aromatic rings. The summed E-state index contributed by atoms with van der Waals surface area (Å²) in [5.74, 6) is 0.940. The molecule has 0 fully saturated rings. The molecule has 1 aromatic carbocycles. The Morgan fingerprint density at radius 1 is 1.29 bits per heavy atom. The van der Waals surface area contributed by atoms with Crippen LogP contribution < -0.4 is 4.43 Å². The molecule has 1 rings (SSSR count). The van der Waals surface area contributed by atoms with Gasteiger partial charge in [0.15, 0.2) is 0 Å². The van der Waals surface area contributed by atoms with Crippen LogP contribution in [-0.4, -0.2) is 8.32 Å². The van der Waals surface area contributed by atoms with E-state index in [-0.39, 0.29) is 5.04 Å². The van der Waals surface area contributed by atoms with Gasteiger partial charge < -0.3 is 4.43 Å². The van der Waals surface area contributed by atoms with Gasteiger partial charge in [-0.2, -0.15) is 0 Å². The van der Waals surface area contributed by atoms with Crippen LogP contribution in [0.4, 0.5) is 0 Å². The third-order valence-electron chi connectivity index (χ3n) is 3.37. The summed E-state index contributed by atoms with van der Waals surface area (Å²) >= 11 is 3.49. The van der Waals surface area contributed by atoms with Crippen molar-refractivity contribution in [3.63, 3.8) is 0 Å². The van der Waals surface area contributed by atoms with Crippen LogP contribution in [0.25, 0.3) is 6.08 Å². The number of hydrogen-bond acceptors (Lipinski definition) is 1. The predicted octanol–water partition coefficient (Wildman–Crippen LogP) is 5.48. The average Bonchev–Trinajstić information content (AvgIpc) is 2.19. The Morgan fingerprint density at radius 2 is 1.88 bits per heavy atom. The number of rotatable bonds is 3. The van der Waals surface area contributed by atoms with E-state index in [1.165, 1.54) is 0 Å². The third-order valence-corrected chi connectivity index (χ3v) is 8.45. The molecule has 0 N–H and O–H groups in total. The van der Waals surface area contributed by atoms with Gasteiger partial charge in [-0.05, 0) is 41.9 Å². The lowest BCUT2D eigenvalue weighted by molar-refractivity contribution is 0.492. The lowest BCUT2D eigenvalue weighted by atomic mass is 10.2. The van der Waals surface area contributed by atoms with E-state index in [0.717, 1.165) is 15.8 Å². The topological polar surface area (TPSA) is 9.23 Å². The van der Waals surface area contributed by atoms with E-state index >= 15 is 0 Å². The number of hydrogen-bond donors (Lipinski definition) is 0. The molecule has 1 nitrogen and oxygen atoms in total. The molecule has 0 aliphatic carbocycles. The van der Waals surface area contributed by atoms with E-state index < -0.39 is 8.32 Å². The molecule has 0 aliphatic rings. The summed E-state index contributed by atoms with van der Waals surface area (Å²) in [6, 6.07) is 6.06. The van der Waals surface area contributed by atoms with E-state index in [4.69, 9.17) is 4.43 Å². The monoisotopic (exact) mass is 312 g/mol. The van der Waals surface area contributed by atoms with Crippen LogP contribution in [0.2, 0.25) is 18.1 Å². The van der Waals surface area contributed by atoms with E-state index in [1.807, 2.05) is 24.3 Å². The Morgan fingerprint density at radius 3 is 2.35 bits per heavy atom. The zero-order chi connectivity index (χ0) is 13.3. The number of benzene rings is 1. The second-order valence-electron chi connectivity index (χ2n) is 5.75. The van der Waals surface area contributed by atoms with E-state index in [1.54, 1.807) is 0 Å². The zero-order valence-electron chi connectivity index (χ0n) is 11.3. The van der Waals surface area contributed by atoms with Gasteiger partial charge >= 0.3 is 0 Å². The smallest absolute Gasteiger partial charge is 0.250 e. The van der Waals surface area contributed by atoms with Crippen LogP contribution in [0.5, 0.6) is 5.75 Å². The average molecular weight is 313 g/mol. The quantitative estimate of drug-likeness (QED) is 0.672. The zero-order valence-corrected chi connectivity index (χ0v) is 13.9.